The summed E-state index contributed by atoms with van der Waals surface area (Å²) in [6, 6.07) is 10.1. The summed E-state index contributed by atoms with van der Waals surface area (Å²) in [7, 11) is 0. The van der Waals surface area contributed by atoms with E-state index < -0.39 is 0 Å². The van der Waals surface area contributed by atoms with Gasteiger partial charge in [-0.25, -0.2) is 8.78 Å². The zero-order valence-corrected chi connectivity index (χ0v) is 16.7. The summed E-state index contributed by atoms with van der Waals surface area (Å²) in [5, 5.41) is 3.09. The zero-order chi connectivity index (χ0) is 20.4. The van der Waals surface area contributed by atoms with Crippen molar-refractivity contribution in [3.63, 3.8) is 0 Å². The van der Waals surface area contributed by atoms with E-state index >= 15 is 0 Å². The van der Waals surface area contributed by atoms with Gasteiger partial charge >= 0.3 is 0 Å². The Kier molecular flexibility index (Phi) is 5.85. The lowest BCUT2D eigenvalue weighted by molar-refractivity contribution is -0.127. The number of carbonyl (C=O) groups excluding carboxylic acids is 2. The number of amides is 2. The molecule has 1 fully saturated rings. The standard InChI is InChI=1S/C22H22F2N2O2S/c23-16-3-1-15(2-4-16)22(28)26-10-7-14(8-11-26)21(27)25-19-9-12-29-20-6-5-17(24)13-18(19)20/h1-6,13-14,19H,7-12H2,(H,25,27)/t19-/m0/s1. The van der Waals surface area contributed by atoms with Gasteiger partial charge in [0.1, 0.15) is 11.6 Å². The summed E-state index contributed by atoms with van der Waals surface area (Å²) >= 11 is 1.68. The Hall–Kier alpha value is -2.41. The molecule has 1 atom stereocenters. The Bertz CT molecular complexity index is 912. The molecule has 2 heterocycles. The Labute approximate surface area is 172 Å². The molecule has 2 aromatic carbocycles. The molecule has 0 aromatic heterocycles. The van der Waals surface area contributed by atoms with Crippen molar-refractivity contribution >= 4 is 23.6 Å². The highest BCUT2D eigenvalue weighted by atomic mass is 32.2. The Morgan fingerprint density at radius 1 is 0.966 bits per heavy atom. The predicted molar refractivity (Wildman–Crippen MR) is 108 cm³/mol. The minimum Gasteiger partial charge on any atom is -0.349 e. The Balaban J connectivity index is 1.35. The molecule has 2 amide bonds. The lowest BCUT2D eigenvalue weighted by Gasteiger charge is -2.33. The third-order valence-electron chi connectivity index (χ3n) is 5.57. The predicted octanol–water partition coefficient (Wildman–Crippen LogP) is 4.17. The van der Waals surface area contributed by atoms with E-state index in [4.69, 9.17) is 0 Å². The highest BCUT2D eigenvalue weighted by Crippen LogP contribution is 2.36. The first-order valence-corrected chi connectivity index (χ1v) is 10.8. The van der Waals surface area contributed by atoms with Crippen molar-refractivity contribution in [2.75, 3.05) is 18.8 Å². The molecule has 1 saturated heterocycles. The minimum atomic E-state index is -0.375. The van der Waals surface area contributed by atoms with E-state index in [2.05, 4.69) is 5.32 Å². The monoisotopic (exact) mass is 416 g/mol. The highest BCUT2D eigenvalue weighted by Gasteiger charge is 2.30. The number of benzene rings is 2. The summed E-state index contributed by atoms with van der Waals surface area (Å²) in [5.74, 6) is -0.131. The first-order valence-electron chi connectivity index (χ1n) is 9.79. The number of carbonyl (C=O) groups is 2. The van der Waals surface area contributed by atoms with Crippen LogP contribution >= 0.6 is 11.8 Å². The second-order valence-electron chi connectivity index (χ2n) is 7.45. The van der Waals surface area contributed by atoms with Crippen LogP contribution in [0.2, 0.25) is 0 Å². The van der Waals surface area contributed by atoms with Gasteiger partial charge in [-0.3, -0.25) is 9.59 Å². The van der Waals surface area contributed by atoms with E-state index in [1.54, 1.807) is 22.7 Å². The van der Waals surface area contributed by atoms with Gasteiger partial charge in [0.15, 0.2) is 0 Å². The van der Waals surface area contributed by atoms with Crippen molar-refractivity contribution < 1.29 is 18.4 Å². The maximum absolute atomic E-state index is 13.7. The van der Waals surface area contributed by atoms with Crippen LogP contribution in [0.1, 0.15) is 41.2 Å². The number of hydrogen-bond donors (Lipinski definition) is 1. The molecule has 0 unspecified atom stereocenters. The number of halogens is 2. The van der Waals surface area contributed by atoms with Crippen LogP contribution in [0.3, 0.4) is 0 Å². The number of rotatable bonds is 3. The van der Waals surface area contributed by atoms with Crippen molar-refractivity contribution in [1.29, 1.82) is 0 Å². The third kappa shape index (κ3) is 4.45. The largest absolute Gasteiger partial charge is 0.349 e. The first-order chi connectivity index (χ1) is 14.0. The summed E-state index contributed by atoms with van der Waals surface area (Å²) in [6.07, 6.45) is 1.93. The molecule has 2 aliphatic rings. The molecule has 0 saturated carbocycles. The van der Waals surface area contributed by atoms with Crippen LogP contribution < -0.4 is 5.32 Å². The van der Waals surface area contributed by atoms with Crippen molar-refractivity contribution in [1.82, 2.24) is 10.2 Å². The normalized spacial score (nSPS) is 19.5. The van der Waals surface area contributed by atoms with Crippen LogP contribution in [0.25, 0.3) is 0 Å². The van der Waals surface area contributed by atoms with Gasteiger partial charge < -0.3 is 10.2 Å². The summed E-state index contributed by atoms with van der Waals surface area (Å²) in [6.45, 7) is 0.972. The van der Waals surface area contributed by atoms with Crippen molar-refractivity contribution in [2.24, 2.45) is 5.92 Å². The lowest BCUT2D eigenvalue weighted by atomic mass is 9.94. The topological polar surface area (TPSA) is 49.4 Å². The van der Waals surface area contributed by atoms with Gasteiger partial charge in [0.25, 0.3) is 5.91 Å². The van der Waals surface area contributed by atoms with Crippen LogP contribution in [0.5, 0.6) is 0 Å². The molecule has 29 heavy (non-hydrogen) atoms. The molecule has 2 aliphatic heterocycles. The average Bonchev–Trinajstić information content (AvgIpc) is 2.74. The molecular weight excluding hydrogens is 394 g/mol. The van der Waals surface area contributed by atoms with Gasteiger partial charge in [-0.2, -0.15) is 0 Å². The van der Waals surface area contributed by atoms with E-state index in [1.165, 1.54) is 36.4 Å². The highest BCUT2D eigenvalue weighted by molar-refractivity contribution is 7.99. The second-order valence-corrected chi connectivity index (χ2v) is 8.59. The Morgan fingerprint density at radius 3 is 2.38 bits per heavy atom. The lowest BCUT2D eigenvalue weighted by Crippen LogP contribution is -2.44. The number of thioether (sulfide) groups is 1. The van der Waals surface area contributed by atoms with E-state index in [0.29, 0.717) is 31.5 Å². The van der Waals surface area contributed by atoms with Crippen LogP contribution in [0.4, 0.5) is 8.78 Å². The van der Waals surface area contributed by atoms with E-state index in [1.807, 2.05) is 0 Å². The van der Waals surface area contributed by atoms with Crippen molar-refractivity contribution in [3.8, 4) is 0 Å². The molecule has 0 radical (unpaired) electrons. The maximum atomic E-state index is 13.7. The van der Waals surface area contributed by atoms with Gasteiger partial charge in [0.05, 0.1) is 6.04 Å². The molecule has 7 heteroatoms. The molecule has 4 rings (SSSR count). The fourth-order valence-electron chi connectivity index (χ4n) is 3.92. The molecular formula is C22H22F2N2O2S. The number of fused-ring (bicyclic) bond motifs is 1. The van der Waals surface area contributed by atoms with Gasteiger partial charge in [0.2, 0.25) is 5.91 Å². The first kappa shape index (κ1) is 19.9. The van der Waals surface area contributed by atoms with Gasteiger partial charge in [-0.15, -0.1) is 11.8 Å². The minimum absolute atomic E-state index is 0.0361. The van der Waals surface area contributed by atoms with Gasteiger partial charge in [-0.1, -0.05) is 0 Å². The summed E-state index contributed by atoms with van der Waals surface area (Å²) in [5.41, 5.74) is 1.30. The van der Waals surface area contributed by atoms with Crippen LogP contribution in [0, 0.1) is 17.6 Å². The maximum Gasteiger partial charge on any atom is 0.253 e. The van der Waals surface area contributed by atoms with E-state index in [0.717, 1.165) is 22.6 Å². The number of nitrogens with zero attached hydrogens (tertiary/aromatic N) is 1. The van der Waals surface area contributed by atoms with Crippen molar-refractivity contribution in [3.05, 3.63) is 65.2 Å². The molecule has 2 aromatic rings. The van der Waals surface area contributed by atoms with Crippen LogP contribution in [-0.2, 0) is 4.79 Å². The quantitative estimate of drug-likeness (QED) is 0.817. The number of likely N-dealkylation sites (tertiary alicyclic amines) is 1. The van der Waals surface area contributed by atoms with Crippen LogP contribution in [0.15, 0.2) is 47.4 Å². The fraction of sp³-hybridized carbons (Fsp3) is 0.364. The molecule has 0 aliphatic carbocycles. The molecule has 0 spiro atoms. The van der Waals surface area contributed by atoms with Crippen LogP contribution in [-0.4, -0.2) is 35.6 Å². The molecule has 1 N–H and O–H groups in total. The number of nitrogens with one attached hydrogen (secondary N) is 1. The number of piperidine rings is 1. The molecule has 0 bridgehead atoms. The number of hydrogen-bond acceptors (Lipinski definition) is 3. The van der Waals surface area contributed by atoms with Crippen molar-refractivity contribution in [2.45, 2.75) is 30.2 Å². The van der Waals surface area contributed by atoms with E-state index in [9.17, 15) is 18.4 Å². The molecule has 4 nitrogen and oxygen atoms in total. The third-order valence-corrected chi connectivity index (χ3v) is 6.69. The average molecular weight is 416 g/mol. The fourth-order valence-corrected chi connectivity index (χ4v) is 5.03. The van der Waals surface area contributed by atoms with Gasteiger partial charge in [-0.05, 0) is 67.3 Å². The second kappa shape index (κ2) is 8.53. The Morgan fingerprint density at radius 2 is 1.66 bits per heavy atom. The molecule has 152 valence electrons. The smallest absolute Gasteiger partial charge is 0.253 e. The SMILES string of the molecule is O=C(N[C@H]1CCSc2ccc(F)cc21)C1CCN(C(=O)c2ccc(F)cc2)CC1. The summed E-state index contributed by atoms with van der Waals surface area (Å²) < 4.78 is 26.7. The van der Waals surface area contributed by atoms with Gasteiger partial charge in [0, 0.05) is 35.2 Å². The summed E-state index contributed by atoms with van der Waals surface area (Å²) in [4.78, 5) is 28.1. The zero-order valence-electron chi connectivity index (χ0n) is 15.9. The van der Waals surface area contributed by atoms with E-state index in [-0.39, 0.29) is 35.4 Å².